The molecule has 1 aromatic rings. The van der Waals surface area contributed by atoms with Crippen LogP contribution in [-0.2, 0) is 4.79 Å². The third kappa shape index (κ3) is 3.12. The molecule has 4 heteroatoms. The van der Waals surface area contributed by atoms with Crippen molar-refractivity contribution in [1.82, 2.24) is 4.90 Å². The van der Waals surface area contributed by atoms with Gasteiger partial charge in [-0.2, -0.15) is 0 Å². The number of hydrogen-bond donors (Lipinski definition) is 1. The first kappa shape index (κ1) is 15.3. The van der Waals surface area contributed by atoms with Crippen molar-refractivity contribution in [3.8, 4) is 5.75 Å². The normalized spacial score (nSPS) is 28.6. The first-order valence-corrected chi connectivity index (χ1v) is 8.39. The van der Waals surface area contributed by atoms with Gasteiger partial charge < -0.3 is 15.4 Å². The maximum Gasteiger partial charge on any atom is 0.226 e. The Balaban J connectivity index is 1.76. The quantitative estimate of drug-likeness (QED) is 0.934. The Hall–Kier alpha value is -1.55. The second-order valence-electron chi connectivity index (χ2n) is 6.59. The zero-order valence-electron chi connectivity index (χ0n) is 13.3. The van der Waals surface area contributed by atoms with Gasteiger partial charge in [0, 0.05) is 18.5 Å². The smallest absolute Gasteiger partial charge is 0.226 e. The number of likely N-dealkylation sites (tertiary alicyclic amines) is 1. The topological polar surface area (TPSA) is 55.6 Å². The van der Waals surface area contributed by atoms with Gasteiger partial charge in [-0.1, -0.05) is 18.6 Å². The van der Waals surface area contributed by atoms with Gasteiger partial charge in [-0.25, -0.2) is 0 Å². The molecule has 2 N–H and O–H groups in total. The van der Waals surface area contributed by atoms with Gasteiger partial charge in [0.25, 0.3) is 0 Å². The number of benzene rings is 1. The van der Waals surface area contributed by atoms with E-state index in [1.807, 2.05) is 12.1 Å². The fourth-order valence-corrected chi connectivity index (χ4v) is 3.91. The predicted molar refractivity (Wildman–Crippen MR) is 86.6 cm³/mol. The van der Waals surface area contributed by atoms with E-state index >= 15 is 0 Å². The van der Waals surface area contributed by atoms with E-state index in [9.17, 15) is 4.79 Å². The maximum absolute atomic E-state index is 12.9. The molecule has 120 valence electrons. The number of nitrogens with two attached hydrogens (primary N) is 1. The minimum Gasteiger partial charge on any atom is -0.497 e. The van der Waals surface area contributed by atoms with Gasteiger partial charge in [0.1, 0.15) is 5.75 Å². The molecular weight excluding hydrogens is 276 g/mol. The number of carbonyl (C=O) groups excluding carboxylic acids is 1. The summed E-state index contributed by atoms with van der Waals surface area (Å²) in [6.45, 7) is 0.868. The van der Waals surface area contributed by atoms with Crippen molar-refractivity contribution in [2.24, 2.45) is 11.7 Å². The summed E-state index contributed by atoms with van der Waals surface area (Å²) in [5.41, 5.74) is 7.24. The summed E-state index contributed by atoms with van der Waals surface area (Å²) >= 11 is 0. The molecule has 1 amide bonds. The molecule has 3 atom stereocenters. The average molecular weight is 302 g/mol. The van der Waals surface area contributed by atoms with Crippen LogP contribution < -0.4 is 10.5 Å². The van der Waals surface area contributed by atoms with E-state index in [-0.39, 0.29) is 18.0 Å². The van der Waals surface area contributed by atoms with Gasteiger partial charge in [0.15, 0.2) is 0 Å². The second kappa shape index (κ2) is 6.69. The number of rotatable bonds is 3. The zero-order chi connectivity index (χ0) is 15.5. The number of ether oxygens (including phenoxy) is 1. The van der Waals surface area contributed by atoms with Crippen molar-refractivity contribution in [2.45, 2.75) is 50.6 Å². The lowest BCUT2D eigenvalue weighted by Crippen LogP contribution is -2.40. The molecule has 1 aliphatic heterocycles. The molecule has 1 heterocycles. The van der Waals surface area contributed by atoms with Crippen molar-refractivity contribution in [3.63, 3.8) is 0 Å². The van der Waals surface area contributed by atoms with Gasteiger partial charge in [-0.05, 0) is 49.8 Å². The zero-order valence-corrected chi connectivity index (χ0v) is 13.3. The highest BCUT2D eigenvalue weighted by molar-refractivity contribution is 5.79. The van der Waals surface area contributed by atoms with E-state index < -0.39 is 0 Å². The Morgan fingerprint density at radius 3 is 2.91 bits per heavy atom. The van der Waals surface area contributed by atoms with Gasteiger partial charge in [-0.3, -0.25) is 4.79 Å². The minimum absolute atomic E-state index is 0.120. The highest BCUT2D eigenvalue weighted by Gasteiger charge is 2.35. The summed E-state index contributed by atoms with van der Waals surface area (Å²) in [7, 11) is 1.68. The monoisotopic (exact) mass is 302 g/mol. The van der Waals surface area contributed by atoms with Crippen molar-refractivity contribution in [1.29, 1.82) is 0 Å². The number of carbonyl (C=O) groups is 1. The lowest BCUT2D eigenvalue weighted by atomic mass is 9.85. The molecule has 1 saturated heterocycles. The lowest BCUT2D eigenvalue weighted by Gasteiger charge is -2.32. The van der Waals surface area contributed by atoms with Crippen molar-refractivity contribution < 1.29 is 9.53 Å². The maximum atomic E-state index is 12.9. The Morgan fingerprint density at radius 1 is 1.27 bits per heavy atom. The van der Waals surface area contributed by atoms with Crippen LogP contribution >= 0.6 is 0 Å². The number of nitrogens with zero attached hydrogens (tertiary/aromatic N) is 1. The van der Waals surface area contributed by atoms with E-state index in [0.717, 1.165) is 50.8 Å². The Morgan fingerprint density at radius 2 is 2.14 bits per heavy atom. The summed E-state index contributed by atoms with van der Waals surface area (Å²) in [5, 5.41) is 0. The van der Waals surface area contributed by atoms with Crippen LogP contribution in [0.5, 0.6) is 5.75 Å². The van der Waals surface area contributed by atoms with Gasteiger partial charge in [0.2, 0.25) is 5.91 Å². The van der Waals surface area contributed by atoms with Crippen LogP contribution in [0.15, 0.2) is 24.3 Å². The largest absolute Gasteiger partial charge is 0.497 e. The lowest BCUT2D eigenvalue weighted by molar-refractivity contribution is -0.137. The molecule has 0 radical (unpaired) electrons. The van der Waals surface area contributed by atoms with Crippen LogP contribution in [0.25, 0.3) is 0 Å². The van der Waals surface area contributed by atoms with Crippen molar-refractivity contribution in [3.05, 3.63) is 29.8 Å². The second-order valence-corrected chi connectivity index (χ2v) is 6.59. The molecule has 1 aromatic carbocycles. The fraction of sp³-hybridized carbons (Fsp3) is 0.611. The molecule has 0 aromatic heterocycles. The first-order valence-electron chi connectivity index (χ1n) is 8.39. The number of methoxy groups -OCH3 is 1. The molecule has 22 heavy (non-hydrogen) atoms. The Labute approximate surface area is 132 Å². The fourth-order valence-electron chi connectivity index (χ4n) is 3.91. The van der Waals surface area contributed by atoms with E-state index in [1.54, 1.807) is 7.11 Å². The summed E-state index contributed by atoms with van der Waals surface area (Å²) in [6.07, 6.45) is 6.09. The van der Waals surface area contributed by atoms with Crippen LogP contribution in [0.1, 0.15) is 50.1 Å². The molecule has 2 aliphatic rings. The predicted octanol–water partition coefficient (Wildman–Crippen LogP) is 2.88. The molecule has 0 spiro atoms. The molecule has 0 unspecified atom stereocenters. The van der Waals surface area contributed by atoms with E-state index in [4.69, 9.17) is 10.5 Å². The van der Waals surface area contributed by atoms with Crippen molar-refractivity contribution >= 4 is 5.91 Å². The first-order chi connectivity index (χ1) is 10.7. The van der Waals surface area contributed by atoms with Crippen LogP contribution in [-0.4, -0.2) is 30.5 Å². The SMILES string of the molecule is COc1cccc([C@@H]2CCCN2C(=O)[C@@H]2CCC[C@@H](N)C2)c1. The number of hydrogen-bond acceptors (Lipinski definition) is 3. The molecule has 2 fully saturated rings. The van der Waals surface area contributed by atoms with E-state index in [1.165, 1.54) is 5.56 Å². The standard InChI is InChI=1S/C18H26N2O2/c1-22-16-8-3-5-13(12-16)17-9-4-10-20(17)18(21)14-6-2-7-15(19)11-14/h3,5,8,12,14-15,17H,2,4,6-7,9-11,19H2,1H3/t14-,15-,17+/m1/s1. The minimum atomic E-state index is 0.120. The molecule has 1 saturated carbocycles. The van der Waals surface area contributed by atoms with E-state index in [0.29, 0.717) is 5.91 Å². The number of amides is 1. The Bertz CT molecular complexity index is 532. The third-order valence-corrected chi connectivity index (χ3v) is 5.08. The van der Waals surface area contributed by atoms with Crippen LogP contribution in [0.2, 0.25) is 0 Å². The van der Waals surface area contributed by atoms with Crippen molar-refractivity contribution in [2.75, 3.05) is 13.7 Å². The highest BCUT2D eigenvalue weighted by Crippen LogP contribution is 2.36. The van der Waals surface area contributed by atoms with Gasteiger partial charge >= 0.3 is 0 Å². The van der Waals surface area contributed by atoms with Gasteiger partial charge in [0.05, 0.1) is 13.2 Å². The average Bonchev–Trinajstić information content (AvgIpc) is 3.04. The van der Waals surface area contributed by atoms with Crippen LogP contribution in [0.4, 0.5) is 0 Å². The third-order valence-electron chi connectivity index (χ3n) is 5.08. The summed E-state index contributed by atoms with van der Waals surface area (Å²) in [6, 6.07) is 8.51. The van der Waals surface area contributed by atoms with Crippen LogP contribution in [0.3, 0.4) is 0 Å². The van der Waals surface area contributed by atoms with Gasteiger partial charge in [-0.15, -0.1) is 0 Å². The summed E-state index contributed by atoms with van der Waals surface area (Å²) in [5.74, 6) is 1.28. The molecular formula is C18H26N2O2. The van der Waals surface area contributed by atoms with Crippen LogP contribution in [0, 0.1) is 5.92 Å². The molecule has 4 nitrogen and oxygen atoms in total. The summed E-state index contributed by atoms with van der Waals surface area (Å²) < 4.78 is 5.32. The molecule has 3 rings (SSSR count). The highest BCUT2D eigenvalue weighted by atomic mass is 16.5. The molecule has 0 bridgehead atoms. The Kier molecular flexibility index (Phi) is 4.67. The molecule has 1 aliphatic carbocycles. The summed E-state index contributed by atoms with van der Waals surface area (Å²) in [4.78, 5) is 15.0. The van der Waals surface area contributed by atoms with E-state index in [2.05, 4.69) is 17.0 Å².